The molecule has 0 amide bonds. The minimum atomic E-state index is -0.331. The van der Waals surface area contributed by atoms with Crippen LogP contribution >= 0.6 is 0 Å². The Morgan fingerprint density at radius 3 is 2.54 bits per heavy atom. The maximum atomic E-state index is 11.5. The van der Waals surface area contributed by atoms with Gasteiger partial charge in [0.1, 0.15) is 5.60 Å². The zero-order chi connectivity index (χ0) is 9.69. The summed E-state index contributed by atoms with van der Waals surface area (Å²) in [6.45, 7) is 6.58. The molecular weight excluding hydrogens is 168 g/mol. The van der Waals surface area contributed by atoms with Crippen molar-refractivity contribution in [1.82, 2.24) is 0 Å². The van der Waals surface area contributed by atoms with Gasteiger partial charge in [-0.2, -0.15) is 0 Å². The van der Waals surface area contributed by atoms with Crippen LogP contribution in [-0.2, 0) is 14.3 Å². The van der Waals surface area contributed by atoms with Crippen LogP contribution < -0.4 is 0 Å². The number of esters is 1. The van der Waals surface area contributed by atoms with Gasteiger partial charge in [0, 0.05) is 12.8 Å². The molecule has 2 fully saturated rings. The largest absolute Gasteiger partial charge is 0.456 e. The molecule has 2 atom stereocenters. The zero-order valence-electron chi connectivity index (χ0n) is 8.42. The molecule has 0 aliphatic carbocycles. The summed E-state index contributed by atoms with van der Waals surface area (Å²) in [5.41, 5.74) is -0.650. The van der Waals surface area contributed by atoms with Gasteiger partial charge in [-0.1, -0.05) is 0 Å². The summed E-state index contributed by atoms with van der Waals surface area (Å²) in [5, 5.41) is 0. The number of rotatable bonds is 0. The molecule has 1 spiro atoms. The predicted molar refractivity (Wildman–Crippen MR) is 47.3 cm³/mol. The third kappa shape index (κ3) is 1.17. The summed E-state index contributed by atoms with van der Waals surface area (Å²) in [6, 6.07) is 0. The van der Waals surface area contributed by atoms with Crippen molar-refractivity contribution in [2.24, 2.45) is 5.41 Å². The quantitative estimate of drug-likeness (QED) is 0.535. The van der Waals surface area contributed by atoms with E-state index < -0.39 is 0 Å². The van der Waals surface area contributed by atoms with Gasteiger partial charge in [0.25, 0.3) is 0 Å². The van der Waals surface area contributed by atoms with Gasteiger partial charge < -0.3 is 9.47 Å². The number of carbonyl (C=O) groups is 1. The van der Waals surface area contributed by atoms with Gasteiger partial charge in [0.2, 0.25) is 0 Å². The van der Waals surface area contributed by atoms with E-state index in [-0.39, 0.29) is 23.1 Å². The summed E-state index contributed by atoms with van der Waals surface area (Å²) in [4.78, 5) is 11.5. The maximum Gasteiger partial charge on any atom is 0.312 e. The van der Waals surface area contributed by atoms with E-state index in [1.807, 2.05) is 20.8 Å². The fourth-order valence-corrected chi connectivity index (χ4v) is 2.31. The van der Waals surface area contributed by atoms with Gasteiger partial charge in [0.15, 0.2) is 0 Å². The van der Waals surface area contributed by atoms with E-state index in [1.165, 1.54) is 0 Å². The average Bonchev–Trinajstić information content (AvgIpc) is 2.41. The van der Waals surface area contributed by atoms with Crippen LogP contribution in [0.25, 0.3) is 0 Å². The molecule has 2 aliphatic rings. The lowest BCUT2D eigenvalue weighted by Gasteiger charge is -2.25. The standard InChI is InChI=1S/C10H16O3/c1-7-10(4-5-12-7)6-9(2,3)8(11)13-10/h7H,4-6H2,1-3H3. The fraction of sp³-hybridized carbons (Fsp3) is 0.900. The lowest BCUT2D eigenvalue weighted by atomic mass is 9.81. The lowest BCUT2D eigenvalue weighted by Crippen LogP contribution is -2.36. The minimum absolute atomic E-state index is 0.0539. The molecule has 0 radical (unpaired) electrons. The van der Waals surface area contributed by atoms with Gasteiger partial charge in [-0.05, 0) is 20.8 Å². The molecule has 2 rings (SSSR count). The van der Waals surface area contributed by atoms with E-state index in [1.54, 1.807) is 0 Å². The van der Waals surface area contributed by atoms with Crippen LogP contribution in [0.3, 0.4) is 0 Å². The third-order valence-corrected chi connectivity index (χ3v) is 3.22. The van der Waals surface area contributed by atoms with Crippen molar-refractivity contribution >= 4 is 5.97 Å². The van der Waals surface area contributed by atoms with E-state index in [2.05, 4.69) is 0 Å². The van der Waals surface area contributed by atoms with Crippen molar-refractivity contribution in [2.45, 2.75) is 45.3 Å². The monoisotopic (exact) mass is 184 g/mol. The van der Waals surface area contributed by atoms with Gasteiger partial charge in [-0.25, -0.2) is 0 Å². The Hall–Kier alpha value is -0.570. The van der Waals surface area contributed by atoms with Gasteiger partial charge in [0.05, 0.1) is 18.1 Å². The van der Waals surface area contributed by atoms with Crippen LogP contribution in [-0.4, -0.2) is 24.3 Å². The second-order valence-corrected chi connectivity index (χ2v) is 4.78. The molecule has 74 valence electrons. The summed E-state index contributed by atoms with van der Waals surface area (Å²) >= 11 is 0. The third-order valence-electron chi connectivity index (χ3n) is 3.22. The number of ether oxygens (including phenoxy) is 2. The van der Waals surface area contributed by atoms with Crippen LogP contribution in [0, 0.1) is 5.41 Å². The van der Waals surface area contributed by atoms with Crippen molar-refractivity contribution in [3.05, 3.63) is 0 Å². The Morgan fingerprint density at radius 1 is 1.46 bits per heavy atom. The first-order chi connectivity index (χ1) is 5.96. The highest BCUT2D eigenvalue weighted by molar-refractivity contribution is 5.79. The second kappa shape index (κ2) is 2.47. The van der Waals surface area contributed by atoms with Crippen LogP contribution in [0.1, 0.15) is 33.6 Å². The first kappa shape index (κ1) is 9.00. The highest BCUT2D eigenvalue weighted by Gasteiger charge is 2.56. The van der Waals surface area contributed by atoms with E-state index in [9.17, 15) is 4.79 Å². The van der Waals surface area contributed by atoms with Crippen molar-refractivity contribution in [3.63, 3.8) is 0 Å². The van der Waals surface area contributed by atoms with E-state index in [0.29, 0.717) is 6.61 Å². The summed E-state index contributed by atoms with van der Waals surface area (Å²) in [7, 11) is 0. The van der Waals surface area contributed by atoms with Gasteiger partial charge in [-0.3, -0.25) is 4.79 Å². The Morgan fingerprint density at radius 2 is 2.15 bits per heavy atom. The first-order valence-corrected chi connectivity index (χ1v) is 4.81. The van der Waals surface area contributed by atoms with Crippen LogP contribution in [0.2, 0.25) is 0 Å². The smallest absolute Gasteiger partial charge is 0.312 e. The molecule has 13 heavy (non-hydrogen) atoms. The Balaban J connectivity index is 2.25. The average molecular weight is 184 g/mol. The van der Waals surface area contributed by atoms with Crippen molar-refractivity contribution in [1.29, 1.82) is 0 Å². The minimum Gasteiger partial charge on any atom is -0.456 e. The van der Waals surface area contributed by atoms with Gasteiger partial charge in [-0.15, -0.1) is 0 Å². The molecule has 0 aromatic rings. The topological polar surface area (TPSA) is 35.5 Å². The summed E-state index contributed by atoms with van der Waals surface area (Å²) in [5.74, 6) is -0.0788. The molecule has 0 saturated carbocycles. The fourth-order valence-electron chi connectivity index (χ4n) is 2.31. The number of hydrogen-bond donors (Lipinski definition) is 0. The van der Waals surface area contributed by atoms with Crippen LogP contribution in [0.5, 0.6) is 0 Å². The predicted octanol–water partition coefficient (Wildman–Crippen LogP) is 1.51. The van der Waals surface area contributed by atoms with Crippen LogP contribution in [0.15, 0.2) is 0 Å². The molecule has 2 unspecified atom stereocenters. The normalized spacial score (nSPS) is 42.7. The summed E-state index contributed by atoms with van der Waals surface area (Å²) in [6.07, 6.45) is 1.70. The van der Waals surface area contributed by atoms with E-state index >= 15 is 0 Å². The zero-order valence-corrected chi connectivity index (χ0v) is 8.42. The molecule has 0 bridgehead atoms. The Bertz CT molecular complexity index is 247. The number of carbonyl (C=O) groups excluding carboxylic acids is 1. The molecule has 3 heteroatoms. The summed E-state index contributed by atoms with van der Waals surface area (Å²) < 4.78 is 10.9. The van der Waals surface area contributed by atoms with E-state index in [4.69, 9.17) is 9.47 Å². The second-order valence-electron chi connectivity index (χ2n) is 4.78. The van der Waals surface area contributed by atoms with Crippen LogP contribution in [0.4, 0.5) is 0 Å². The maximum absolute atomic E-state index is 11.5. The molecule has 3 nitrogen and oxygen atoms in total. The molecule has 0 aromatic carbocycles. The molecule has 2 aliphatic heterocycles. The molecule has 2 heterocycles. The highest BCUT2D eigenvalue weighted by atomic mass is 16.6. The first-order valence-electron chi connectivity index (χ1n) is 4.81. The molecule has 0 N–H and O–H groups in total. The van der Waals surface area contributed by atoms with Crippen molar-refractivity contribution in [2.75, 3.05) is 6.61 Å². The molecule has 0 aromatic heterocycles. The lowest BCUT2D eigenvalue weighted by molar-refractivity contribution is -0.156. The Kier molecular flexibility index (Phi) is 1.71. The van der Waals surface area contributed by atoms with Crippen molar-refractivity contribution in [3.8, 4) is 0 Å². The highest BCUT2D eigenvalue weighted by Crippen LogP contribution is 2.47. The van der Waals surface area contributed by atoms with Crippen molar-refractivity contribution < 1.29 is 14.3 Å². The van der Waals surface area contributed by atoms with E-state index in [0.717, 1.165) is 12.8 Å². The molecule has 2 saturated heterocycles. The SMILES string of the molecule is CC1OCCC12CC(C)(C)C(=O)O2. The molecular formula is C10H16O3. The van der Waals surface area contributed by atoms with Gasteiger partial charge >= 0.3 is 5.97 Å². The Labute approximate surface area is 78.4 Å². The number of hydrogen-bond acceptors (Lipinski definition) is 3.